The van der Waals surface area contributed by atoms with Gasteiger partial charge in [-0.05, 0) is 76.6 Å². The van der Waals surface area contributed by atoms with Crippen LogP contribution in [-0.4, -0.2) is 44.9 Å². The van der Waals surface area contributed by atoms with Crippen LogP contribution in [0, 0.1) is 33.6 Å². The molecule has 6 nitrogen and oxygen atoms in total. The fourth-order valence-corrected chi connectivity index (χ4v) is 6.35. The number of unbranched alkanes of at least 4 members (excludes halogenated alkanes) is 1. The summed E-state index contributed by atoms with van der Waals surface area (Å²) in [5, 5.41) is 3.01. The molecule has 0 aliphatic carbocycles. The van der Waals surface area contributed by atoms with Crippen molar-refractivity contribution >= 4 is 15.9 Å². The van der Waals surface area contributed by atoms with Crippen LogP contribution in [0.1, 0.15) is 47.9 Å². The van der Waals surface area contributed by atoms with E-state index in [1.54, 1.807) is 0 Å². The first kappa shape index (κ1) is 25.2. The highest BCUT2D eigenvalue weighted by atomic mass is 32.2. The lowest BCUT2D eigenvalue weighted by atomic mass is 9.97. The molecule has 1 fully saturated rings. The van der Waals surface area contributed by atoms with Crippen LogP contribution in [-0.2, 0) is 14.8 Å². The number of carbonyl (C=O) groups excluding carboxylic acids is 1. The second kappa shape index (κ2) is 11.2. The summed E-state index contributed by atoms with van der Waals surface area (Å²) in [6.07, 6.45) is 2.80. The Morgan fingerprint density at radius 3 is 2.18 bits per heavy atom. The summed E-state index contributed by atoms with van der Waals surface area (Å²) in [7, 11) is -3.55. The molecule has 0 bridgehead atoms. The van der Waals surface area contributed by atoms with Gasteiger partial charge in [0.1, 0.15) is 5.75 Å². The van der Waals surface area contributed by atoms with Gasteiger partial charge in [-0.2, -0.15) is 4.31 Å². The normalized spacial score (nSPS) is 15.4. The van der Waals surface area contributed by atoms with Gasteiger partial charge in [0.05, 0.1) is 11.5 Å². The van der Waals surface area contributed by atoms with E-state index in [-0.39, 0.29) is 11.8 Å². The molecule has 3 rings (SSSR count). The molecule has 0 unspecified atom stereocenters. The molecule has 1 heterocycles. The van der Waals surface area contributed by atoms with Gasteiger partial charge in [-0.3, -0.25) is 4.79 Å². The average Bonchev–Trinajstić information content (AvgIpc) is 2.76. The Kier molecular flexibility index (Phi) is 8.54. The number of amides is 1. The van der Waals surface area contributed by atoms with Crippen LogP contribution in [0.4, 0.5) is 0 Å². The molecular weight excluding hydrogens is 436 g/mol. The van der Waals surface area contributed by atoms with Crippen LogP contribution in [0.15, 0.2) is 41.3 Å². The number of sulfonamides is 1. The van der Waals surface area contributed by atoms with E-state index in [4.69, 9.17) is 4.74 Å². The first-order valence-electron chi connectivity index (χ1n) is 11.7. The average molecular weight is 473 g/mol. The molecule has 180 valence electrons. The monoisotopic (exact) mass is 472 g/mol. The van der Waals surface area contributed by atoms with E-state index in [1.807, 2.05) is 64.1 Å². The van der Waals surface area contributed by atoms with Crippen LogP contribution in [0.25, 0.3) is 0 Å². The number of ether oxygens (including phenoxy) is 1. The molecule has 0 saturated carbocycles. The van der Waals surface area contributed by atoms with Crippen LogP contribution in [0.2, 0.25) is 0 Å². The van der Waals surface area contributed by atoms with Gasteiger partial charge >= 0.3 is 0 Å². The lowest BCUT2D eigenvalue weighted by molar-refractivity contribution is -0.126. The van der Waals surface area contributed by atoms with Crippen LogP contribution in [0.3, 0.4) is 0 Å². The zero-order chi connectivity index (χ0) is 24.0. The molecular formula is C26H36N2O4S. The summed E-state index contributed by atoms with van der Waals surface area (Å²) >= 11 is 0. The fourth-order valence-electron chi connectivity index (χ4n) is 4.47. The van der Waals surface area contributed by atoms with Crippen LogP contribution >= 0.6 is 0 Å². The maximum absolute atomic E-state index is 13.2. The molecule has 2 aromatic carbocycles. The molecule has 2 aromatic rings. The second-order valence-electron chi connectivity index (χ2n) is 9.07. The molecule has 1 aliphatic rings. The van der Waals surface area contributed by atoms with Crippen molar-refractivity contribution in [3.8, 4) is 5.75 Å². The number of piperidine rings is 1. The molecule has 1 amide bonds. The summed E-state index contributed by atoms with van der Waals surface area (Å²) < 4.78 is 33.7. The van der Waals surface area contributed by atoms with Crippen molar-refractivity contribution in [2.45, 2.75) is 58.3 Å². The van der Waals surface area contributed by atoms with Gasteiger partial charge in [0, 0.05) is 25.6 Å². The van der Waals surface area contributed by atoms with Crippen molar-refractivity contribution in [3.05, 3.63) is 58.7 Å². The van der Waals surface area contributed by atoms with Crippen molar-refractivity contribution in [2.24, 2.45) is 5.92 Å². The topological polar surface area (TPSA) is 75.7 Å². The standard InChI is InChI=1S/C26H36N2O4S/c1-19-7-9-24(10-8-19)32-16-6-5-13-27-26(29)23-11-14-28(15-12-23)33(30,31)25-21(3)17-20(2)18-22(25)4/h7-10,17-18,23H,5-6,11-16H2,1-4H3,(H,27,29). The number of benzene rings is 2. The van der Waals surface area contributed by atoms with Gasteiger partial charge < -0.3 is 10.1 Å². The third kappa shape index (κ3) is 6.58. The van der Waals surface area contributed by atoms with Crippen molar-refractivity contribution in [1.29, 1.82) is 0 Å². The van der Waals surface area contributed by atoms with E-state index in [0.717, 1.165) is 35.3 Å². The number of carbonyl (C=O) groups is 1. The predicted molar refractivity (Wildman–Crippen MR) is 131 cm³/mol. The molecule has 0 atom stereocenters. The van der Waals surface area contributed by atoms with E-state index >= 15 is 0 Å². The lowest BCUT2D eigenvalue weighted by Gasteiger charge is -2.31. The van der Waals surface area contributed by atoms with Gasteiger partial charge in [-0.15, -0.1) is 0 Å². The third-order valence-corrected chi connectivity index (χ3v) is 8.39. The first-order chi connectivity index (χ1) is 15.7. The van der Waals surface area contributed by atoms with E-state index < -0.39 is 10.0 Å². The van der Waals surface area contributed by atoms with E-state index in [1.165, 1.54) is 9.87 Å². The largest absolute Gasteiger partial charge is 0.494 e. The van der Waals surface area contributed by atoms with Crippen molar-refractivity contribution in [3.63, 3.8) is 0 Å². The van der Waals surface area contributed by atoms with E-state index in [9.17, 15) is 13.2 Å². The minimum atomic E-state index is -3.55. The molecule has 1 N–H and O–H groups in total. The SMILES string of the molecule is Cc1ccc(OCCCCNC(=O)C2CCN(S(=O)(=O)c3c(C)cc(C)cc3C)CC2)cc1. The molecule has 1 aliphatic heterocycles. The van der Waals surface area contributed by atoms with Crippen molar-refractivity contribution in [1.82, 2.24) is 9.62 Å². The summed E-state index contributed by atoms with van der Waals surface area (Å²) in [6, 6.07) is 11.8. The Labute approximate surface area is 198 Å². The number of nitrogens with zero attached hydrogens (tertiary/aromatic N) is 1. The van der Waals surface area contributed by atoms with Gasteiger partial charge in [0.2, 0.25) is 15.9 Å². The van der Waals surface area contributed by atoms with Gasteiger partial charge in [0.15, 0.2) is 0 Å². The highest BCUT2D eigenvalue weighted by Gasteiger charge is 2.33. The van der Waals surface area contributed by atoms with E-state index in [0.29, 0.717) is 44.0 Å². The van der Waals surface area contributed by atoms with Crippen LogP contribution < -0.4 is 10.1 Å². The van der Waals surface area contributed by atoms with Crippen LogP contribution in [0.5, 0.6) is 5.75 Å². The highest BCUT2D eigenvalue weighted by molar-refractivity contribution is 7.89. The molecule has 33 heavy (non-hydrogen) atoms. The number of rotatable bonds is 9. The quantitative estimate of drug-likeness (QED) is 0.552. The molecule has 0 spiro atoms. The number of aryl methyl sites for hydroxylation is 4. The number of nitrogens with one attached hydrogen (secondary N) is 1. The third-order valence-electron chi connectivity index (χ3n) is 6.19. The Bertz CT molecular complexity index is 1030. The molecule has 0 radical (unpaired) electrons. The predicted octanol–water partition coefficient (Wildman–Crippen LogP) is 4.30. The minimum absolute atomic E-state index is 0.0224. The lowest BCUT2D eigenvalue weighted by Crippen LogP contribution is -2.43. The molecule has 0 aromatic heterocycles. The Hall–Kier alpha value is -2.38. The number of hydrogen-bond acceptors (Lipinski definition) is 4. The Morgan fingerprint density at radius 1 is 0.970 bits per heavy atom. The smallest absolute Gasteiger partial charge is 0.243 e. The summed E-state index contributed by atoms with van der Waals surface area (Å²) in [5.74, 6) is 0.747. The zero-order valence-corrected chi connectivity index (χ0v) is 21.0. The summed E-state index contributed by atoms with van der Waals surface area (Å²) in [4.78, 5) is 13.0. The molecule has 1 saturated heterocycles. The Balaban J connectivity index is 1.40. The zero-order valence-electron chi connectivity index (χ0n) is 20.2. The Morgan fingerprint density at radius 2 is 1.58 bits per heavy atom. The number of hydrogen-bond donors (Lipinski definition) is 1. The van der Waals surface area contributed by atoms with Gasteiger partial charge in [0.25, 0.3) is 0 Å². The summed E-state index contributed by atoms with van der Waals surface area (Å²) in [6.45, 7) is 9.68. The van der Waals surface area contributed by atoms with Crippen molar-refractivity contribution in [2.75, 3.05) is 26.2 Å². The fraction of sp³-hybridized carbons (Fsp3) is 0.500. The van der Waals surface area contributed by atoms with E-state index in [2.05, 4.69) is 5.32 Å². The second-order valence-corrected chi connectivity index (χ2v) is 10.9. The summed E-state index contributed by atoms with van der Waals surface area (Å²) in [5.41, 5.74) is 3.81. The maximum Gasteiger partial charge on any atom is 0.243 e. The van der Waals surface area contributed by atoms with Gasteiger partial charge in [-0.25, -0.2) is 8.42 Å². The van der Waals surface area contributed by atoms with Crippen molar-refractivity contribution < 1.29 is 17.9 Å². The van der Waals surface area contributed by atoms with Gasteiger partial charge in [-0.1, -0.05) is 35.4 Å². The highest BCUT2D eigenvalue weighted by Crippen LogP contribution is 2.28. The first-order valence-corrected chi connectivity index (χ1v) is 13.2. The molecule has 7 heteroatoms. The minimum Gasteiger partial charge on any atom is -0.494 e. The maximum atomic E-state index is 13.2.